The summed E-state index contributed by atoms with van der Waals surface area (Å²) in [7, 11) is 0. The van der Waals surface area contributed by atoms with Crippen LogP contribution in [0.2, 0.25) is 0 Å². The molecular weight excluding hydrogens is 111 g/mol. The SMILES string of the molecule is CC[CH](F)[Fe]. The average molecular weight is 117 g/mol. The monoisotopic (exact) mass is 117 g/mol. The Morgan fingerprint density at radius 1 is 2.00 bits per heavy atom. The molecule has 0 fully saturated rings. The number of rotatable bonds is 1. The minimum absolute atomic E-state index is 0.528. The van der Waals surface area contributed by atoms with Crippen LogP contribution < -0.4 is 0 Å². The second kappa shape index (κ2) is 2.67. The Bertz CT molecular complexity index is 20.9. The van der Waals surface area contributed by atoms with Gasteiger partial charge in [-0.25, -0.2) is 0 Å². The van der Waals surface area contributed by atoms with Crippen molar-refractivity contribution >= 4 is 0 Å². The van der Waals surface area contributed by atoms with Crippen LogP contribution in [0, 0.1) is 0 Å². The fraction of sp³-hybridized carbons (Fsp3) is 1.00. The van der Waals surface area contributed by atoms with Crippen LogP contribution in [0.1, 0.15) is 13.3 Å². The van der Waals surface area contributed by atoms with E-state index < -0.39 is 5.07 Å². The van der Waals surface area contributed by atoms with Gasteiger partial charge in [0.05, 0.1) is 0 Å². The molecule has 0 saturated carbocycles. The maximum atomic E-state index is 11.3. The molecule has 0 amide bonds. The van der Waals surface area contributed by atoms with E-state index in [1.165, 1.54) is 0 Å². The molecule has 1 unspecified atom stereocenters. The van der Waals surface area contributed by atoms with Gasteiger partial charge in [-0.1, -0.05) is 0 Å². The Hall–Kier alpha value is 0.449. The molecule has 0 aromatic carbocycles. The van der Waals surface area contributed by atoms with Gasteiger partial charge in [0.25, 0.3) is 0 Å². The Morgan fingerprint density at radius 3 is 2.20 bits per heavy atom. The Morgan fingerprint density at radius 2 is 2.20 bits per heavy atom. The molecule has 0 aliphatic carbocycles. The maximum absolute atomic E-state index is 11.3. The van der Waals surface area contributed by atoms with Gasteiger partial charge in [-0.3, -0.25) is 0 Å². The first-order valence-electron chi connectivity index (χ1n) is 1.54. The molecular formula is C3H6FFe. The van der Waals surface area contributed by atoms with Crippen molar-refractivity contribution in [2.45, 2.75) is 18.4 Å². The van der Waals surface area contributed by atoms with E-state index in [1.807, 2.05) is 0 Å². The van der Waals surface area contributed by atoms with Crippen LogP contribution in [-0.2, 0) is 16.0 Å². The molecule has 0 aliphatic rings. The first-order valence-corrected chi connectivity index (χ1v) is 2.18. The van der Waals surface area contributed by atoms with E-state index in [-0.39, 0.29) is 0 Å². The first-order chi connectivity index (χ1) is 2.27. The van der Waals surface area contributed by atoms with Crippen molar-refractivity contribution in [1.82, 2.24) is 0 Å². The van der Waals surface area contributed by atoms with Crippen LogP contribution in [0.3, 0.4) is 0 Å². The van der Waals surface area contributed by atoms with Crippen LogP contribution in [0.15, 0.2) is 0 Å². The molecule has 0 nitrogen and oxygen atoms in total. The summed E-state index contributed by atoms with van der Waals surface area (Å²) in [4.78, 5) is 0. The molecule has 0 saturated heterocycles. The van der Waals surface area contributed by atoms with Crippen molar-refractivity contribution in [3.05, 3.63) is 0 Å². The van der Waals surface area contributed by atoms with E-state index in [4.69, 9.17) is 0 Å². The van der Waals surface area contributed by atoms with Crippen LogP contribution in [0.4, 0.5) is 4.39 Å². The predicted molar refractivity (Wildman–Crippen MR) is 15.2 cm³/mol. The summed E-state index contributed by atoms with van der Waals surface area (Å²) in [5, 5.41) is -0.866. The van der Waals surface area contributed by atoms with Crippen molar-refractivity contribution in [2.24, 2.45) is 0 Å². The van der Waals surface area contributed by atoms with Crippen molar-refractivity contribution in [1.29, 1.82) is 0 Å². The Balaban J connectivity index is 2.54. The van der Waals surface area contributed by atoms with E-state index in [2.05, 4.69) is 16.0 Å². The van der Waals surface area contributed by atoms with Crippen LogP contribution >= 0.6 is 0 Å². The van der Waals surface area contributed by atoms with Crippen molar-refractivity contribution < 1.29 is 20.4 Å². The van der Waals surface area contributed by atoms with Crippen LogP contribution in [0.25, 0.3) is 0 Å². The summed E-state index contributed by atoms with van der Waals surface area (Å²) >= 11 is 3.09. The molecule has 0 bridgehead atoms. The second-order valence-electron chi connectivity index (χ2n) is 0.784. The summed E-state index contributed by atoms with van der Waals surface area (Å²) < 4.78 is 11.3. The normalized spacial score (nSPS) is 15.0. The van der Waals surface area contributed by atoms with Gasteiger partial charge in [0, 0.05) is 0 Å². The van der Waals surface area contributed by atoms with E-state index >= 15 is 0 Å². The number of alkyl halides is 1. The summed E-state index contributed by atoms with van der Waals surface area (Å²) in [6.45, 7) is 1.76. The van der Waals surface area contributed by atoms with Gasteiger partial charge in [0.1, 0.15) is 0 Å². The molecule has 0 aromatic heterocycles. The van der Waals surface area contributed by atoms with E-state index in [0.717, 1.165) is 0 Å². The van der Waals surface area contributed by atoms with Crippen molar-refractivity contribution in [3.63, 3.8) is 0 Å². The topological polar surface area (TPSA) is 0 Å². The molecule has 0 aliphatic heterocycles. The van der Waals surface area contributed by atoms with Crippen molar-refractivity contribution in [2.75, 3.05) is 0 Å². The van der Waals surface area contributed by atoms with Gasteiger partial charge in [-0.15, -0.1) is 0 Å². The molecule has 0 rings (SSSR count). The molecule has 5 heavy (non-hydrogen) atoms. The Labute approximate surface area is 39.6 Å². The first kappa shape index (κ1) is 5.45. The zero-order chi connectivity index (χ0) is 4.28. The summed E-state index contributed by atoms with van der Waals surface area (Å²) in [6, 6.07) is 0. The zero-order valence-corrected chi connectivity index (χ0v) is 4.12. The summed E-state index contributed by atoms with van der Waals surface area (Å²) in [5.41, 5.74) is 0. The van der Waals surface area contributed by atoms with Crippen molar-refractivity contribution in [3.8, 4) is 0 Å². The standard InChI is InChI=1S/C3H6F.Fe/c1-2-3-4;/h3H,2H2,1H3;. The predicted octanol–water partition coefficient (Wildman–Crippen LogP) is 1.24. The molecule has 1 atom stereocenters. The van der Waals surface area contributed by atoms with Gasteiger partial charge < -0.3 is 0 Å². The molecule has 33 valence electrons. The number of hydrogen-bond acceptors (Lipinski definition) is 0. The van der Waals surface area contributed by atoms with Gasteiger partial charge in [-0.05, 0) is 0 Å². The Kier molecular flexibility index (Phi) is 2.91. The number of halogens is 1. The summed E-state index contributed by atoms with van der Waals surface area (Å²) in [6.07, 6.45) is 0.528. The van der Waals surface area contributed by atoms with Gasteiger partial charge >= 0.3 is 38.8 Å². The average Bonchev–Trinajstić information content (AvgIpc) is 1.38. The van der Waals surface area contributed by atoms with Crippen LogP contribution in [-0.4, -0.2) is 5.07 Å². The van der Waals surface area contributed by atoms with E-state index in [0.29, 0.717) is 6.42 Å². The number of hydrogen-bond donors (Lipinski definition) is 0. The van der Waals surface area contributed by atoms with Gasteiger partial charge in [-0.2, -0.15) is 0 Å². The molecule has 0 heterocycles. The van der Waals surface area contributed by atoms with E-state index in [1.54, 1.807) is 6.92 Å². The summed E-state index contributed by atoms with van der Waals surface area (Å²) in [5.74, 6) is 0. The van der Waals surface area contributed by atoms with E-state index in [9.17, 15) is 4.39 Å². The third-order valence-electron chi connectivity index (χ3n) is 0.299. The quantitative estimate of drug-likeness (QED) is 0.453. The molecule has 0 radical (unpaired) electrons. The van der Waals surface area contributed by atoms with Gasteiger partial charge in [0.15, 0.2) is 0 Å². The third-order valence-corrected chi connectivity index (χ3v) is 0.749. The fourth-order valence-corrected chi connectivity index (χ4v) is 0. The molecule has 0 aromatic rings. The fourth-order valence-electron chi connectivity index (χ4n) is 0. The van der Waals surface area contributed by atoms with Gasteiger partial charge in [0.2, 0.25) is 0 Å². The van der Waals surface area contributed by atoms with Crippen LogP contribution in [0.5, 0.6) is 0 Å². The molecule has 0 spiro atoms. The minimum atomic E-state index is -0.866. The second-order valence-corrected chi connectivity index (χ2v) is 1.48. The molecule has 2 heteroatoms. The molecule has 0 N–H and O–H groups in total. The third kappa shape index (κ3) is 4.45. The zero-order valence-electron chi connectivity index (χ0n) is 3.02.